The Morgan fingerprint density at radius 1 is 1.41 bits per heavy atom. The molecular weight excluding hydrogens is 259 g/mol. The van der Waals surface area contributed by atoms with Crippen LogP contribution in [0, 0.1) is 19.7 Å². The molecule has 0 aliphatic heterocycles. The second-order valence-corrected chi connectivity index (χ2v) is 5.39. The molecule has 1 aromatic carbocycles. The Hall–Kier alpha value is -1.13. The van der Waals surface area contributed by atoms with Crippen molar-refractivity contribution in [2.24, 2.45) is 0 Å². The molecule has 0 saturated carbocycles. The summed E-state index contributed by atoms with van der Waals surface area (Å²) in [5.41, 5.74) is 1.41. The maximum atomic E-state index is 13.6. The number of aromatic nitrogens is 1. The summed E-state index contributed by atoms with van der Waals surface area (Å²) in [5.74, 6) is -0.409. The minimum Gasteiger partial charge on any atom is -0.378 e. The standard InChI is InChI=1S/C12H12ClFN2S/c1-7-11(17-8(2)16-7)6-15-10-5-3-4-9(13)12(10)14/h3-5,15H,6H2,1-2H3. The number of aryl methyl sites for hydroxylation is 2. The zero-order valence-electron chi connectivity index (χ0n) is 9.55. The largest absolute Gasteiger partial charge is 0.378 e. The van der Waals surface area contributed by atoms with Gasteiger partial charge in [-0.25, -0.2) is 9.37 Å². The summed E-state index contributed by atoms with van der Waals surface area (Å²) in [6, 6.07) is 4.92. The average molecular weight is 271 g/mol. The summed E-state index contributed by atoms with van der Waals surface area (Å²) in [6.07, 6.45) is 0. The van der Waals surface area contributed by atoms with Gasteiger partial charge in [0.2, 0.25) is 0 Å². The van der Waals surface area contributed by atoms with Gasteiger partial charge in [0.05, 0.1) is 28.0 Å². The fraction of sp³-hybridized carbons (Fsp3) is 0.250. The second kappa shape index (κ2) is 5.02. The number of hydrogen-bond acceptors (Lipinski definition) is 3. The van der Waals surface area contributed by atoms with Gasteiger partial charge in [-0.2, -0.15) is 0 Å². The summed E-state index contributed by atoms with van der Waals surface area (Å²) in [6.45, 7) is 4.48. The van der Waals surface area contributed by atoms with E-state index in [1.165, 1.54) is 6.07 Å². The molecule has 0 aliphatic rings. The molecule has 2 rings (SSSR count). The van der Waals surface area contributed by atoms with Crippen molar-refractivity contribution in [2.45, 2.75) is 20.4 Å². The van der Waals surface area contributed by atoms with E-state index in [9.17, 15) is 4.39 Å². The van der Waals surface area contributed by atoms with Gasteiger partial charge >= 0.3 is 0 Å². The van der Waals surface area contributed by atoms with Gasteiger partial charge in [0.15, 0.2) is 5.82 Å². The van der Waals surface area contributed by atoms with E-state index in [-0.39, 0.29) is 5.02 Å². The smallest absolute Gasteiger partial charge is 0.164 e. The summed E-state index contributed by atoms with van der Waals surface area (Å²) in [7, 11) is 0. The van der Waals surface area contributed by atoms with E-state index in [0.29, 0.717) is 12.2 Å². The van der Waals surface area contributed by atoms with Crippen LogP contribution in [-0.4, -0.2) is 4.98 Å². The number of thiazole rings is 1. The number of anilines is 1. The Balaban J connectivity index is 2.12. The molecule has 0 unspecified atom stereocenters. The zero-order valence-corrected chi connectivity index (χ0v) is 11.1. The lowest BCUT2D eigenvalue weighted by Crippen LogP contribution is -2.01. The number of hydrogen-bond donors (Lipinski definition) is 1. The van der Waals surface area contributed by atoms with Gasteiger partial charge in [-0.1, -0.05) is 17.7 Å². The average Bonchev–Trinajstić information content (AvgIpc) is 2.60. The van der Waals surface area contributed by atoms with E-state index in [4.69, 9.17) is 11.6 Å². The number of nitrogens with one attached hydrogen (secondary N) is 1. The van der Waals surface area contributed by atoms with Crippen LogP contribution in [0.5, 0.6) is 0 Å². The van der Waals surface area contributed by atoms with Crippen molar-refractivity contribution in [2.75, 3.05) is 5.32 Å². The minimum atomic E-state index is -0.409. The fourth-order valence-electron chi connectivity index (χ4n) is 1.55. The highest BCUT2D eigenvalue weighted by atomic mass is 35.5. The van der Waals surface area contributed by atoms with Crippen LogP contribution in [0.1, 0.15) is 15.6 Å². The number of halogens is 2. The Bertz CT molecular complexity index is 539. The quantitative estimate of drug-likeness (QED) is 0.906. The van der Waals surface area contributed by atoms with Crippen molar-refractivity contribution in [1.82, 2.24) is 4.98 Å². The number of rotatable bonds is 3. The molecule has 0 amide bonds. The van der Waals surface area contributed by atoms with Crippen molar-refractivity contribution in [3.63, 3.8) is 0 Å². The second-order valence-electron chi connectivity index (χ2n) is 3.70. The Morgan fingerprint density at radius 3 is 2.82 bits per heavy atom. The van der Waals surface area contributed by atoms with Crippen LogP contribution in [0.4, 0.5) is 10.1 Å². The highest BCUT2D eigenvalue weighted by molar-refractivity contribution is 7.11. The lowest BCUT2D eigenvalue weighted by molar-refractivity contribution is 0.630. The molecule has 1 N–H and O–H groups in total. The van der Waals surface area contributed by atoms with Gasteiger partial charge in [0.1, 0.15) is 0 Å². The topological polar surface area (TPSA) is 24.9 Å². The molecule has 0 fully saturated rings. The van der Waals surface area contributed by atoms with Gasteiger partial charge in [-0.3, -0.25) is 0 Å². The first kappa shape index (κ1) is 12.3. The third-order valence-corrected chi connectivity index (χ3v) is 3.76. The van der Waals surface area contributed by atoms with Crippen LogP contribution in [-0.2, 0) is 6.54 Å². The molecule has 0 bridgehead atoms. The predicted molar refractivity (Wildman–Crippen MR) is 70.3 cm³/mol. The summed E-state index contributed by atoms with van der Waals surface area (Å²) in [5, 5.41) is 4.19. The molecule has 90 valence electrons. The lowest BCUT2D eigenvalue weighted by Gasteiger charge is -2.07. The van der Waals surface area contributed by atoms with Crippen molar-refractivity contribution >= 4 is 28.6 Å². The molecule has 0 radical (unpaired) electrons. The van der Waals surface area contributed by atoms with Crippen LogP contribution in [0.25, 0.3) is 0 Å². The minimum absolute atomic E-state index is 0.132. The molecule has 0 atom stereocenters. The van der Waals surface area contributed by atoms with Crippen LogP contribution < -0.4 is 5.32 Å². The maximum absolute atomic E-state index is 13.6. The van der Waals surface area contributed by atoms with E-state index in [1.807, 2.05) is 13.8 Å². The zero-order chi connectivity index (χ0) is 12.4. The summed E-state index contributed by atoms with van der Waals surface area (Å²) < 4.78 is 13.6. The first-order valence-electron chi connectivity index (χ1n) is 5.18. The number of nitrogens with zero attached hydrogens (tertiary/aromatic N) is 1. The Labute approximate surface area is 108 Å². The fourth-order valence-corrected chi connectivity index (χ4v) is 2.60. The Kier molecular flexibility index (Phi) is 3.64. The van der Waals surface area contributed by atoms with Crippen LogP contribution >= 0.6 is 22.9 Å². The lowest BCUT2D eigenvalue weighted by atomic mass is 10.3. The van der Waals surface area contributed by atoms with Gasteiger partial charge < -0.3 is 5.32 Å². The van der Waals surface area contributed by atoms with Crippen LogP contribution in [0.15, 0.2) is 18.2 Å². The molecule has 0 saturated heterocycles. The van der Waals surface area contributed by atoms with E-state index >= 15 is 0 Å². The van der Waals surface area contributed by atoms with Gasteiger partial charge in [-0.15, -0.1) is 11.3 Å². The highest BCUT2D eigenvalue weighted by Gasteiger charge is 2.08. The molecular formula is C12H12ClFN2S. The van der Waals surface area contributed by atoms with Crippen molar-refractivity contribution in [1.29, 1.82) is 0 Å². The molecule has 1 heterocycles. The molecule has 1 aromatic heterocycles. The van der Waals surface area contributed by atoms with Gasteiger partial charge in [0, 0.05) is 4.88 Å². The molecule has 17 heavy (non-hydrogen) atoms. The van der Waals surface area contributed by atoms with Crippen LogP contribution in [0.2, 0.25) is 5.02 Å². The molecule has 0 aliphatic carbocycles. The van der Waals surface area contributed by atoms with Crippen molar-refractivity contribution in [3.05, 3.63) is 44.6 Å². The molecule has 5 heteroatoms. The summed E-state index contributed by atoms with van der Waals surface area (Å²) in [4.78, 5) is 5.43. The monoisotopic (exact) mass is 270 g/mol. The van der Waals surface area contributed by atoms with E-state index < -0.39 is 5.82 Å². The van der Waals surface area contributed by atoms with Gasteiger partial charge in [0.25, 0.3) is 0 Å². The predicted octanol–water partition coefficient (Wildman–Crippen LogP) is 4.16. The third-order valence-electron chi connectivity index (χ3n) is 2.39. The van der Waals surface area contributed by atoms with E-state index in [2.05, 4.69) is 10.3 Å². The molecule has 2 aromatic rings. The highest BCUT2D eigenvalue weighted by Crippen LogP contribution is 2.24. The van der Waals surface area contributed by atoms with E-state index in [1.54, 1.807) is 23.5 Å². The normalized spacial score (nSPS) is 10.6. The van der Waals surface area contributed by atoms with Crippen molar-refractivity contribution < 1.29 is 4.39 Å². The maximum Gasteiger partial charge on any atom is 0.164 e. The first-order valence-corrected chi connectivity index (χ1v) is 6.38. The van der Waals surface area contributed by atoms with E-state index in [0.717, 1.165) is 15.6 Å². The first-order chi connectivity index (χ1) is 8.08. The summed E-state index contributed by atoms with van der Waals surface area (Å²) >= 11 is 7.32. The van der Waals surface area contributed by atoms with Crippen LogP contribution in [0.3, 0.4) is 0 Å². The SMILES string of the molecule is Cc1nc(C)c(CNc2cccc(Cl)c2F)s1. The van der Waals surface area contributed by atoms with Gasteiger partial charge in [-0.05, 0) is 26.0 Å². The third kappa shape index (κ3) is 2.76. The van der Waals surface area contributed by atoms with Crippen molar-refractivity contribution in [3.8, 4) is 0 Å². The molecule has 0 spiro atoms. The number of benzene rings is 1. The molecule has 2 nitrogen and oxygen atoms in total. The Morgan fingerprint density at radius 2 is 2.18 bits per heavy atom.